The molecule has 2 rings (SSSR count). The third-order valence-electron chi connectivity index (χ3n) is 4.24. The van der Waals surface area contributed by atoms with Crippen molar-refractivity contribution < 1.29 is 14.7 Å². The van der Waals surface area contributed by atoms with Gasteiger partial charge in [0.1, 0.15) is 0 Å². The first-order valence-corrected chi connectivity index (χ1v) is 7.88. The van der Waals surface area contributed by atoms with Gasteiger partial charge in [0.25, 0.3) is 0 Å². The normalized spacial score (nSPS) is 21.5. The van der Waals surface area contributed by atoms with E-state index in [9.17, 15) is 9.59 Å². The lowest BCUT2D eigenvalue weighted by Crippen LogP contribution is -2.47. The molecule has 21 heavy (non-hydrogen) atoms. The zero-order valence-corrected chi connectivity index (χ0v) is 13.8. The van der Waals surface area contributed by atoms with Gasteiger partial charge in [0.15, 0.2) is 0 Å². The molecule has 1 amide bonds. The Hall–Kier alpha value is -1.36. The Labute approximate surface area is 133 Å². The van der Waals surface area contributed by atoms with Gasteiger partial charge in [0.2, 0.25) is 5.91 Å². The maximum atomic E-state index is 12.1. The number of halogens is 1. The molecule has 0 bridgehead atoms. The van der Waals surface area contributed by atoms with E-state index >= 15 is 0 Å². The second-order valence-corrected chi connectivity index (χ2v) is 7.06. The Bertz CT molecular complexity index is 556. The Morgan fingerprint density at radius 1 is 1.29 bits per heavy atom. The Morgan fingerprint density at radius 3 is 2.43 bits per heavy atom. The second kappa shape index (κ2) is 6.18. The SMILES string of the molecule is CC(C)(CNC(=O)C1CCC1C(=O)O)c1ccccc1Br. The zero-order chi connectivity index (χ0) is 15.6. The van der Waals surface area contributed by atoms with Crippen LogP contribution >= 0.6 is 15.9 Å². The molecule has 1 saturated carbocycles. The molecule has 1 fully saturated rings. The van der Waals surface area contributed by atoms with Gasteiger partial charge >= 0.3 is 5.97 Å². The lowest BCUT2D eigenvalue weighted by atomic mass is 9.73. The van der Waals surface area contributed by atoms with Gasteiger partial charge in [-0.15, -0.1) is 0 Å². The molecule has 2 atom stereocenters. The van der Waals surface area contributed by atoms with Gasteiger partial charge in [-0.25, -0.2) is 0 Å². The van der Waals surface area contributed by atoms with Crippen molar-refractivity contribution in [2.45, 2.75) is 32.1 Å². The van der Waals surface area contributed by atoms with E-state index in [1.807, 2.05) is 24.3 Å². The highest BCUT2D eigenvalue weighted by Crippen LogP contribution is 2.35. The van der Waals surface area contributed by atoms with Gasteiger partial charge in [-0.1, -0.05) is 48.0 Å². The number of nitrogens with one attached hydrogen (secondary N) is 1. The highest BCUT2D eigenvalue weighted by molar-refractivity contribution is 9.10. The Kier molecular flexibility index (Phi) is 4.71. The summed E-state index contributed by atoms with van der Waals surface area (Å²) in [5, 5.41) is 11.9. The highest BCUT2D eigenvalue weighted by atomic mass is 79.9. The molecule has 0 radical (unpaired) electrons. The molecule has 1 aromatic carbocycles. The van der Waals surface area contributed by atoms with Crippen LogP contribution < -0.4 is 5.32 Å². The number of hydrogen-bond donors (Lipinski definition) is 2. The molecule has 1 aliphatic rings. The first-order valence-electron chi connectivity index (χ1n) is 7.08. The van der Waals surface area contributed by atoms with E-state index in [4.69, 9.17) is 5.11 Å². The van der Waals surface area contributed by atoms with E-state index in [0.29, 0.717) is 19.4 Å². The van der Waals surface area contributed by atoms with Crippen molar-refractivity contribution in [1.82, 2.24) is 5.32 Å². The minimum absolute atomic E-state index is 0.145. The minimum atomic E-state index is -0.869. The average Bonchev–Trinajstić information content (AvgIpc) is 2.35. The predicted octanol–water partition coefficient (Wildman–Crippen LogP) is 2.95. The summed E-state index contributed by atoms with van der Waals surface area (Å²) in [7, 11) is 0. The molecule has 5 heteroatoms. The molecule has 4 nitrogen and oxygen atoms in total. The molecule has 0 saturated heterocycles. The van der Waals surface area contributed by atoms with Crippen molar-refractivity contribution >= 4 is 27.8 Å². The summed E-state index contributed by atoms with van der Waals surface area (Å²) in [6.45, 7) is 4.60. The zero-order valence-electron chi connectivity index (χ0n) is 12.2. The van der Waals surface area contributed by atoms with Crippen molar-refractivity contribution in [1.29, 1.82) is 0 Å². The fraction of sp³-hybridized carbons (Fsp3) is 0.500. The van der Waals surface area contributed by atoms with Crippen LogP contribution in [-0.4, -0.2) is 23.5 Å². The molecule has 1 aromatic rings. The van der Waals surface area contributed by atoms with Gasteiger partial charge < -0.3 is 10.4 Å². The van der Waals surface area contributed by atoms with Crippen LogP contribution in [0.5, 0.6) is 0 Å². The number of carboxylic acids is 1. The first-order chi connectivity index (χ1) is 9.83. The molecule has 0 aromatic heterocycles. The quantitative estimate of drug-likeness (QED) is 0.854. The second-order valence-electron chi connectivity index (χ2n) is 6.21. The third kappa shape index (κ3) is 3.46. The van der Waals surface area contributed by atoms with Crippen molar-refractivity contribution in [3.05, 3.63) is 34.3 Å². The monoisotopic (exact) mass is 353 g/mol. The van der Waals surface area contributed by atoms with Gasteiger partial charge in [-0.3, -0.25) is 9.59 Å². The van der Waals surface area contributed by atoms with E-state index in [1.54, 1.807) is 0 Å². The summed E-state index contributed by atoms with van der Waals surface area (Å²) < 4.78 is 1.01. The first kappa shape index (κ1) is 16.0. The van der Waals surface area contributed by atoms with Crippen LogP contribution in [0.4, 0.5) is 0 Å². The lowest BCUT2D eigenvalue weighted by molar-refractivity contribution is -0.152. The molecule has 114 valence electrons. The smallest absolute Gasteiger partial charge is 0.307 e. The number of amides is 1. The molecule has 2 unspecified atom stereocenters. The van der Waals surface area contributed by atoms with Gasteiger partial charge in [0.05, 0.1) is 11.8 Å². The predicted molar refractivity (Wildman–Crippen MR) is 84.0 cm³/mol. The molecular formula is C16H20BrNO3. The van der Waals surface area contributed by atoms with Crippen LogP contribution in [-0.2, 0) is 15.0 Å². The molecule has 0 spiro atoms. The summed E-state index contributed by atoms with van der Waals surface area (Å²) >= 11 is 3.53. The molecule has 0 heterocycles. The maximum Gasteiger partial charge on any atom is 0.307 e. The van der Waals surface area contributed by atoms with Gasteiger partial charge in [-0.2, -0.15) is 0 Å². The van der Waals surface area contributed by atoms with Crippen molar-refractivity contribution in [2.75, 3.05) is 6.54 Å². The van der Waals surface area contributed by atoms with Crippen LogP contribution in [0, 0.1) is 11.8 Å². The summed E-state index contributed by atoms with van der Waals surface area (Å²) in [6, 6.07) is 7.93. The summed E-state index contributed by atoms with van der Waals surface area (Å²) in [5.74, 6) is -1.91. The van der Waals surface area contributed by atoms with Gasteiger partial charge in [-0.05, 0) is 24.5 Å². The number of carbonyl (C=O) groups excluding carboxylic acids is 1. The number of hydrogen-bond acceptors (Lipinski definition) is 2. The van der Waals surface area contributed by atoms with Crippen LogP contribution in [0.25, 0.3) is 0 Å². The minimum Gasteiger partial charge on any atom is -0.481 e. The number of benzene rings is 1. The third-order valence-corrected chi connectivity index (χ3v) is 4.93. The van der Waals surface area contributed by atoms with E-state index in [-0.39, 0.29) is 17.2 Å². The van der Waals surface area contributed by atoms with Crippen LogP contribution in [0.15, 0.2) is 28.7 Å². The summed E-state index contributed by atoms with van der Waals surface area (Å²) in [5.41, 5.74) is 0.895. The highest BCUT2D eigenvalue weighted by Gasteiger charge is 2.41. The summed E-state index contributed by atoms with van der Waals surface area (Å²) in [4.78, 5) is 23.1. The van der Waals surface area contributed by atoms with Crippen LogP contribution in [0.1, 0.15) is 32.3 Å². The Balaban J connectivity index is 1.97. The number of carboxylic acid groups (broad SMARTS) is 1. The van der Waals surface area contributed by atoms with E-state index in [1.165, 1.54) is 0 Å². The molecule has 2 N–H and O–H groups in total. The van der Waals surface area contributed by atoms with E-state index in [2.05, 4.69) is 35.1 Å². The Morgan fingerprint density at radius 2 is 1.90 bits per heavy atom. The topological polar surface area (TPSA) is 66.4 Å². The summed E-state index contributed by atoms with van der Waals surface area (Å²) in [6.07, 6.45) is 1.26. The van der Waals surface area contributed by atoms with Crippen molar-refractivity contribution in [2.24, 2.45) is 11.8 Å². The number of carbonyl (C=O) groups is 2. The van der Waals surface area contributed by atoms with E-state index in [0.717, 1.165) is 10.0 Å². The van der Waals surface area contributed by atoms with Crippen molar-refractivity contribution in [3.63, 3.8) is 0 Å². The fourth-order valence-corrected chi connectivity index (χ4v) is 3.48. The molecule has 0 aliphatic heterocycles. The fourth-order valence-electron chi connectivity index (χ4n) is 2.65. The molecular weight excluding hydrogens is 334 g/mol. The van der Waals surface area contributed by atoms with Gasteiger partial charge in [0, 0.05) is 16.4 Å². The van der Waals surface area contributed by atoms with Crippen molar-refractivity contribution in [3.8, 4) is 0 Å². The standard InChI is InChI=1S/C16H20BrNO3/c1-16(2,12-5-3-4-6-13(12)17)9-18-14(19)10-7-8-11(10)15(20)21/h3-6,10-11H,7-9H2,1-2H3,(H,18,19)(H,20,21). The average molecular weight is 354 g/mol. The number of rotatable bonds is 5. The van der Waals surface area contributed by atoms with Crippen LogP contribution in [0.3, 0.4) is 0 Å². The largest absolute Gasteiger partial charge is 0.481 e. The van der Waals surface area contributed by atoms with E-state index < -0.39 is 11.9 Å². The lowest BCUT2D eigenvalue weighted by Gasteiger charge is -2.34. The number of aliphatic carboxylic acids is 1. The molecule has 1 aliphatic carbocycles. The maximum absolute atomic E-state index is 12.1. The van der Waals surface area contributed by atoms with Crippen LogP contribution in [0.2, 0.25) is 0 Å².